The average molecular weight is 249 g/mol. The van der Waals surface area contributed by atoms with Crippen molar-refractivity contribution in [1.29, 1.82) is 0 Å². The van der Waals surface area contributed by atoms with Gasteiger partial charge in [-0.3, -0.25) is 4.90 Å². The van der Waals surface area contributed by atoms with Gasteiger partial charge < -0.3 is 16.0 Å². The molecule has 1 aromatic carbocycles. The Balaban J connectivity index is 1.85. The predicted molar refractivity (Wildman–Crippen MR) is 69.5 cm³/mol. The van der Waals surface area contributed by atoms with Crippen LogP contribution in [0.3, 0.4) is 0 Å². The van der Waals surface area contributed by atoms with Crippen LogP contribution in [0.1, 0.15) is 18.4 Å². The number of aromatic hydroxyl groups is 1. The maximum atomic E-state index is 9.22. The lowest BCUT2D eigenvalue weighted by Crippen LogP contribution is -2.38. The molecular formula is C13H19N3O2. The average Bonchev–Trinajstić information content (AvgIpc) is 2.41. The second-order valence-electron chi connectivity index (χ2n) is 4.74. The fourth-order valence-electron chi connectivity index (χ4n) is 2.33. The lowest BCUT2D eigenvalue weighted by molar-refractivity contribution is 0.198. The first-order valence-corrected chi connectivity index (χ1v) is 6.16. The second kappa shape index (κ2) is 5.73. The lowest BCUT2D eigenvalue weighted by atomic mass is 9.95. The summed E-state index contributed by atoms with van der Waals surface area (Å²) in [6.45, 7) is 2.77. The second-order valence-corrected chi connectivity index (χ2v) is 4.74. The molecule has 4 N–H and O–H groups in total. The third-order valence-electron chi connectivity index (χ3n) is 3.46. The number of nitrogens with zero attached hydrogens (tertiary/aromatic N) is 2. The van der Waals surface area contributed by atoms with E-state index in [-0.39, 0.29) is 5.92 Å². The number of piperidine rings is 1. The summed E-state index contributed by atoms with van der Waals surface area (Å²) in [6, 6.07) is 7.28. The van der Waals surface area contributed by atoms with Gasteiger partial charge in [0.15, 0.2) is 0 Å². The van der Waals surface area contributed by atoms with Crippen LogP contribution in [-0.4, -0.2) is 34.1 Å². The van der Waals surface area contributed by atoms with Crippen molar-refractivity contribution >= 4 is 5.84 Å². The maximum Gasteiger partial charge on any atom is 0.142 e. The highest BCUT2D eigenvalue weighted by Crippen LogP contribution is 2.19. The molecule has 0 radical (unpaired) electrons. The number of phenolic OH excluding ortho intramolecular Hbond substituents is 1. The molecule has 0 aromatic heterocycles. The highest BCUT2D eigenvalue weighted by Gasteiger charge is 2.22. The first-order chi connectivity index (χ1) is 8.69. The lowest BCUT2D eigenvalue weighted by Gasteiger charge is -2.31. The van der Waals surface area contributed by atoms with Crippen LogP contribution in [0.4, 0.5) is 0 Å². The molecule has 0 saturated carbocycles. The summed E-state index contributed by atoms with van der Waals surface area (Å²) >= 11 is 0. The smallest absolute Gasteiger partial charge is 0.142 e. The fourth-order valence-corrected chi connectivity index (χ4v) is 2.33. The van der Waals surface area contributed by atoms with E-state index in [1.807, 2.05) is 12.1 Å². The van der Waals surface area contributed by atoms with E-state index >= 15 is 0 Å². The van der Waals surface area contributed by atoms with Crippen LogP contribution in [0.25, 0.3) is 0 Å². The highest BCUT2D eigenvalue weighted by atomic mass is 16.4. The number of hydrogen-bond donors (Lipinski definition) is 3. The Morgan fingerprint density at radius 3 is 2.44 bits per heavy atom. The van der Waals surface area contributed by atoms with Gasteiger partial charge in [-0.1, -0.05) is 17.3 Å². The predicted octanol–water partition coefficient (Wildman–Crippen LogP) is 1.35. The zero-order chi connectivity index (χ0) is 13.0. The van der Waals surface area contributed by atoms with E-state index in [1.54, 1.807) is 12.1 Å². The monoisotopic (exact) mass is 249 g/mol. The molecule has 1 fully saturated rings. The molecule has 0 bridgehead atoms. The standard InChI is InChI=1S/C13H19N3O2/c14-13(15-18)11-5-7-16(8-6-11)9-10-1-3-12(17)4-2-10/h1-4,11,17-18H,5-9H2,(H2,14,15). The SMILES string of the molecule is NC(=NO)C1CCN(Cc2ccc(O)cc2)CC1. The van der Waals surface area contributed by atoms with E-state index in [0.29, 0.717) is 11.6 Å². The van der Waals surface area contributed by atoms with E-state index in [9.17, 15) is 5.11 Å². The van der Waals surface area contributed by atoms with Crippen molar-refractivity contribution in [3.05, 3.63) is 29.8 Å². The fraction of sp³-hybridized carbons (Fsp3) is 0.462. The van der Waals surface area contributed by atoms with Crippen LogP contribution < -0.4 is 5.73 Å². The molecule has 0 atom stereocenters. The largest absolute Gasteiger partial charge is 0.508 e. The van der Waals surface area contributed by atoms with Crippen molar-refractivity contribution in [3.8, 4) is 5.75 Å². The number of hydrogen-bond acceptors (Lipinski definition) is 4. The van der Waals surface area contributed by atoms with Gasteiger partial charge >= 0.3 is 0 Å². The molecule has 0 amide bonds. The molecule has 18 heavy (non-hydrogen) atoms. The summed E-state index contributed by atoms with van der Waals surface area (Å²) in [6.07, 6.45) is 1.85. The molecule has 1 aromatic rings. The molecule has 1 aliphatic heterocycles. The summed E-state index contributed by atoms with van der Waals surface area (Å²) in [4.78, 5) is 2.34. The zero-order valence-electron chi connectivity index (χ0n) is 10.3. The molecular weight excluding hydrogens is 230 g/mol. The Hall–Kier alpha value is -1.75. The Morgan fingerprint density at radius 2 is 1.89 bits per heavy atom. The van der Waals surface area contributed by atoms with Gasteiger partial charge in [0.05, 0.1) is 0 Å². The topological polar surface area (TPSA) is 82.1 Å². The Morgan fingerprint density at radius 1 is 1.28 bits per heavy atom. The quantitative estimate of drug-likeness (QED) is 0.327. The van der Waals surface area contributed by atoms with Gasteiger partial charge in [0.2, 0.25) is 0 Å². The van der Waals surface area contributed by atoms with Crippen molar-refractivity contribution in [2.24, 2.45) is 16.8 Å². The number of likely N-dealkylation sites (tertiary alicyclic amines) is 1. The van der Waals surface area contributed by atoms with E-state index < -0.39 is 0 Å². The molecule has 5 heteroatoms. The number of benzene rings is 1. The molecule has 1 aliphatic rings. The molecule has 98 valence electrons. The van der Waals surface area contributed by atoms with Crippen molar-refractivity contribution in [2.75, 3.05) is 13.1 Å². The van der Waals surface area contributed by atoms with E-state index in [1.165, 1.54) is 5.56 Å². The summed E-state index contributed by atoms with van der Waals surface area (Å²) in [5.74, 6) is 0.842. The van der Waals surface area contributed by atoms with E-state index in [2.05, 4.69) is 10.1 Å². The first-order valence-electron chi connectivity index (χ1n) is 6.16. The number of oxime groups is 1. The van der Waals surface area contributed by atoms with Gasteiger partial charge in [-0.25, -0.2) is 0 Å². The Labute approximate surface area is 107 Å². The van der Waals surface area contributed by atoms with Crippen molar-refractivity contribution in [3.63, 3.8) is 0 Å². The molecule has 0 aliphatic carbocycles. The van der Waals surface area contributed by atoms with Gasteiger partial charge in [0, 0.05) is 12.5 Å². The third kappa shape index (κ3) is 3.13. The van der Waals surface area contributed by atoms with Crippen LogP contribution in [0.2, 0.25) is 0 Å². The summed E-state index contributed by atoms with van der Waals surface area (Å²) < 4.78 is 0. The van der Waals surface area contributed by atoms with E-state index in [4.69, 9.17) is 10.9 Å². The third-order valence-corrected chi connectivity index (χ3v) is 3.46. The normalized spacial score (nSPS) is 19.0. The minimum Gasteiger partial charge on any atom is -0.508 e. The number of rotatable bonds is 3. The van der Waals surface area contributed by atoms with Gasteiger partial charge in [-0.2, -0.15) is 0 Å². The van der Waals surface area contributed by atoms with Crippen molar-refractivity contribution in [2.45, 2.75) is 19.4 Å². The van der Waals surface area contributed by atoms with Crippen LogP contribution in [0.5, 0.6) is 5.75 Å². The zero-order valence-corrected chi connectivity index (χ0v) is 10.3. The maximum absolute atomic E-state index is 9.22. The molecule has 1 saturated heterocycles. The van der Waals surface area contributed by atoms with Gasteiger partial charge in [-0.15, -0.1) is 0 Å². The molecule has 1 heterocycles. The number of nitrogens with two attached hydrogens (primary N) is 1. The summed E-state index contributed by atoms with van der Waals surface area (Å²) in [5.41, 5.74) is 6.81. The Bertz CT molecular complexity index is 409. The molecule has 2 rings (SSSR count). The van der Waals surface area contributed by atoms with Gasteiger partial charge in [0.25, 0.3) is 0 Å². The van der Waals surface area contributed by atoms with E-state index in [0.717, 1.165) is 32.5 Å². The summed E-state index contributed by atoms with van der Waals surface area (Å²) in [5, 5.41) is 20.9. The van der Waals surface area contributed by atoms with Gasteiger partial charge in [0.1, 0.15) is 11.6 Å². The van der Waals surface area contributed by atoms with Crippen molar-refractivity contribution in [1.82, 2.24) is 4.90 Å². The van der Waals surface area contributed by atoms with Crippen LogP contribution in [0, 0.1) is 5.92 Å². The molecule has 0 spiro atoms. The highest BCUT2D eigenvalue weighted by molar-refractivity contribution is 5.82. The van der Waals surface area contributed by atoms with Crippen molar-refractivity contribution < 1.29 is 10.3 Å². The minimum absolute atomic E-state index is 0.200. The summed E-state index contributed by atoms with van der Waals surface area (Å²) in [7, 11) is 0. The van der Waals surface area contributed by atoms with Gasteiger partial charge in [-0.05, 0) is 43.6 Å². The van der Waals surface area contributed by atoms with Crippen LogP contribution in [0.15, 0.2) is 29.4 Å². The minimum atomic E-state index is 0.200. The Kier molecular flexibility index (Phi) is 4.04. The van der Waals surface area contributed by atoms with Crippen LogP contribution >= 0.6 is 0 Å². The van der Waals surface area contributed by atoms with Crippen LogP contribution in [-0.2, 0) is 6.54 Å². The molecule has 5 nitrogen and oxygen atoms in total. The number of amidine groups is 1. The first kappa shape index (κ1) is 12.7. The number of phenols is 1. The molecule has 0 unspecified atom stereocenters.